The van der Waals surface area contributed by atoms with Gasteiger partial charge in [-0.05, 0) is 42.9 Å². The third-order valence-electron chi connectivity index (χ3n) is 5.74. The Kier molecular flexibility index (Phi) is 7.15. The maximum Gasteiger partial charge on any atom is 0.295 e. The normalized spacial score (nSPS) is 17.9. The molecule has 0 aromatic heterocycles. The van der Waals surface area contributed by atoms with Gasteiger partial charge in [0.15, 0.2) is 0 Å². The van der Waals surface area contributed by atoms with Crippen molar-refractivity contribution in [2.24, 2.45) is 0 Å². The summed E-state index contributed by atoms with van der Waals surface area (Å²) in [5.74, 6) is -2.49. The number of rotatable bonds is 8. The molecule has 1 saturated heterocycles. The molecule has 170 valence electrons. The van der Waals surface area contributed by atoms with Gasteiger partial charge in [-0.1, -0.05) is 26.0 Å². The number of aliphatic hydroxyl groups is 1. The number of ether oxygens (including phenoxy) is 1. The molecule has 8 heteroatoms. The molecule has 1 fully saturated rings. The van der Waals surface area contributed by atoms with Crippen LogP contribution >= 0.6 is 0 Å². The molecule has 0 radical (unpaired) electrons. The zero-order valence-electron chi connectivity index (χ0n) is 18.3. The minimum Gasteiger partial charge on any atom is -0.507 e. The summed E-state index contributed by atoms with van der Waals surface area (Å²) in [6, 6.07) is 8.78. The number of aliphatic hydroxyl groups excluding tert-OH is 1. The Hall–Kier alpha value is -3.39. The topological polar surface area (TPSA) is 90.3 Å². The Labute approximate surface area is 186 Å². The molecule has 1 aliphatic heterocycles. The second kappa shape index (κ2) is 9.82. The van der Waals surface area contributed by atoms with E-state index in [9.17, 15) is 24.2 Å². The highest BCUT2D eigenvalue weighted by Gasteiger charge is 2.46. The first-order valence-electron chi connectivity index (χ1n) is 10.5. The Morgan fingerprint density at radius 3 is 2.34 bits per heavy atom. The van der Waals surface area contributed by atoms with Crippen LogP contribution < -0.4 is 4.74 Å². The van der Waals surface area contributed by atoms with E-state index >= 15 is 0 Å². The van der Waals surface area contributed by atoms with Gasteiger partial charge in [0, 0.05) is 19.2 Å². The van der Waals surface area contributed by atoms with E-state index in [0.29, 0.717) is 17.9 Å². The van der Waals surface area contributed by atoms with Crippen LogP contribution in [0.15, 0.2) is 48.0 Å². The first-order valence-corrected chi connectivity index (χ1v) is 10.5. The van der Waals surface area contributed by atoms with Crippen molar-refractivity contribution in [3.05, 3.63) is 65.0 Å². The number of benzene rings is 2. The molecule has 32 heavy (non-hydrogen) atoms. The van der Waals surface area contributed by atoms with Crippen LogP contribution in [0.5, 0.6) is 11.5 Å². The fourth-order valence-electron chi connectivity index (χ4n) is 3.88. The largest absolute Gasteiger partial charge is 0.507 e. The molecule has 0 bridgehead atoms. The number of methoxy groups -OCH3 is 1. The molecule has 0 saturated carbocycles. The Morgan fingerprint density at radius 2 is 1.78 bits per heavy atom. The number of ketones is 1. The van der Waals surface area contributed by atoms with Crippen LogP contribution in [0.4, 0.5) is 4.39 Å². The van der Waals surface area contributed by atoms with E-state index in [1.165, 1.54) is 54.5 Å². The molecular weight excluding hydrogens is 415 g/mol. The summed E-state index contributed by atoms with van der Waals surface area (Å²) in [5.41, 5.74) is 0.334. The van der Waals surface area contributed by atoms with Crippen LogP contribution in [0.1, 0.15) is 31.0 Å². The smallest absolute Gasteiger partial charge is 0.295 e. The lowest BCUT2D eigenvalue weighted by molar-refractivity contribution is -0.140. The van der Waals surface area contributed by atoms with E-state index in [0.717, 1.165) is 13.1 Å². The van der Waals surface area contributed by atoms with Crippen molar-refractivity contribution < 1.29 is 28.9 Å². The molecule has 1 atom stereocenters. The molecule has 3 rings (SSSR count). The fraction of sp³-hybridized carbons (Fsp3) is 0.333. The van der Waals surface area contributed by atoms with Crippen molar-refractivity contribution in [1.82, 2.24) is 9.80 Å². The number of nitrogens with zero attached hydrogens (tertiary/aromatic N) is 2. The van der Waals surface area contributed by atoms with Crippen molar-refractivity contribution in [3.8, 4) is 11.5 Å². The molecule has 0 spiro atoms. The molecule has 0 aliphatic carbocycles. The van der Waals surface area contributed by atoms with Crippen molar-refractivity contribution in [1.29, 1.82) is 0 Å². The van der Waals surface area contributed by atoms with E-state index in [1.807, 2.05) is 13.8 Å². The van der Waals surface area contributed by atoms with Gasteiger partial charge >= 0.3 is 0 Å². The Balaban J connectivity index is 2.12. The number of amides is 1. The molecule has 7 nitrogen and oxygen atoms in total. The van der Waals surface area contributed by atoms with Gasteiger partial charge in [0.05, 0.1) is 24.3 Å². The van der Waals surface area contributed by atoms with Gasteiger partial charge in [0.1, 0.15) is 23.1 Å². The second-order valence-electron chi connectivity index (χ2n) is 7.45. The number of likely N-dealkylation sites (N-methyl/N-ethyl adjacent to an activating group) is 1. The van der Waals surface area contributed by atoms with E-state index < -0.39 is 29.3 Å². The molecule has 0 unspecified atom stereocenters. The average Bonchev–Trinajstić information content (AvgIpc) is 3.04. The van der Waals surface area contributed by atoms with Crippen LogP contribution in [0.2, 0.25) is 0 Å². The average molecular weight is 442 g/mol. The number of hydrogen-bond donors (Lipinski definition) is 2. The van der Waals surface area contributed by atoms with E-state index in [-0.39, 0.29) is 23.4 Å². The van der Waals surface area contributed by atoms with E-state index in [4.69, 9.17) is 4.74 Å². The molecule has 2 aromatic rings. The molecule has 2 aromatic carbocycles. The van der Waals surface area contributed by atoms with Crippen LogP contribution in [0, 0.1) is 5.82 Å². The second-order valence-corrected chi connectivity index (χ2v) is 7.45. The summed E-state index contributed by atoms with van der Waals surface area (Å²) in [7, 11) is 1.43. The van der Waals surface area contributed by atoms with Crippen LogP contribution in [-0.4, -0.2) is 65.0 Å². The van der Waals surface area contributed by atoms with Gasteiger partial charge in [-0.3, -0.25) is 9.59 Å². The van der Waals surface area contributed by atoms with E-state index in [2.05, 4.69) is 4.90 Å². The summed E-state index contributed by atoms with van der Waals surface area (Å²) in [6.45, 7) is 6.34. The highest BCUT2D eigenvalue weighted by Crippen LogP contribution is 2.41. The Morgan fingerprint density at radius 1 is 1.12 bits per heavy atom. The third-order valence-corrected chi connectivity index (χ3v) is 5.74. The minimum atomic E-state index is -0.910. The van der Waals surface area contributed by atoms with Crippen molar-refractivity contribution >= 4 is 17.4 Å². The van der Waals surface area contributed by atoms with Gasteiger partial charge in [0.25, 0.3) is 11.7 Å². The quantitative estimate of drug-likeness (QED) is 0.370. The van der Waals surface area contributed by atoms with Crippen molar-refractivity contribution in [3.63, 3.8) is 0 Å². The number of hydrogen-bond acceptors (Lipinski definition) is 6. The number of phenols is 1. The van der Waals surface area contributed by atoms with Gasteiger partial charge in [-0.25, -0.2) is 4.39 Å². The first kappa shape index (κ1) is 23.3. The number of likely N-dealkylation sites (tertiary alicyclic amines) is 1. The number of aromatic hydroxyl groups is 1. The lowest BCUT2D eigenvalue weighted by Gasteiger charge is -2.28. The van der Waals surface area contributed by atoms with Crippen LogP contribution in [0.25, 0.3) is 5.76 Å². The van der Waals surface area contributed by atoms with Gasteiger partial charge in [0.2, 0.25) is 0 Å². The summed E-state index contributed by atoms with van der Waals surface area (Å²) in [4.78, 5) is 29.4. The summed E-state index contributed by atoms with van der Waals surface area (Å²) in [5, 5.41) is 21.4. The minimum absolute atomic E-state index is 0.000320. The Bertz CT molecular complexity index is 1030. The maximum atomic E-state index is 13.6. The van der Waals surface area contributed by atoms with Gasteiger partial charge < -0.3 is 24.7 Å². The number of halogens is 1. The molecule has 1 aliphatic rings. The summed E-state index contributed by atoms with van der Waals surface area (Å²) >= 11 is 0. The van der Waals surface area contributed by atoms with Gasteiger partial charge in [-0.2, -0.15) is 0 Å². The fourth-order valence-corrected chi connectivity index (χ4v) is 3.88. The molecular formula is C24H27FN2O5. The molecule has 1 heterocycles. The third kappa shape index (κ3) is 4.45. The zero-order chi connectivity index (χ0) is 23.4. The monoisotopic (exact) mass is 442 g/mol. The SMILES string of the molecule is CCN(CC)CCN1C(=O)C(=O)C(=C(O)c2ccc(OC)cc2O)[C@@H]1c1ccc(F)cc1. The number of carbonyl (C=O) groups excluding carboxylic acids is 2. The lowest BCUT2D eigenvalue weighted by Crippen LogP contribution is -2.38. The number of phenolic OH excluding ortho intramolecular Hbond substituents is 1. The van der Waals surface area contributed by atoms with Crippen molar-refractivity contribution in [2.45, 2.75) is 19.9 Å². The standard InChI is InChI=1S/C24H27FN2O5/c1-4-26(5-2)12-13-27-21(15-6-8-16(25)9-7-15)20(23(30)24(27)31)22(29)18-11-10-17(32-3)14-19(18)28/h6-11,14,21,28-29H,4-5,12-13H2,1-3H3/t21-/m0/s1. The maximum absolute atomic E-state index is 13.6. The highest BCUT2D eigenvalue weighted by molar-refractivity contribution is 6.46. The molecule has 2 N–H and O–H groups in total. The van der Waals surface area contributed by atoms with Crippen molar-refractivity contribution in [2.75, 3.05) is 33.3 Å². The van der Waals surface area contributed by atoms with Crippen LogP contribution in [0.3, 0.4) is 0 Å². The zero-order valence-corrected chi connectivity index (χ0v) is 18.3. The van der Waals surface area contributed by atoms with E-state index in [1.54, 1.807) is 0 Å². The first-order chi connectivity index (χ1) is 15.3. The van der Waals surface area contributed by atoms with Gasteiger partial charge in [-0.15, -0.1) is 0 Å². The lowest BCUT2D eigenvalue weighted by atomic mass is 9.95. The van der Waals surface area contributed by atoms with Crippen LogP contribution in [-0.2, 0) is 9.59 Å². The number of carbonyl (C=O) groups is 2. The summed E-state index contributed by atoms with van der Waals surface area (Å²) in [6.07, 6.45) is 0. The number of Topliss-reactive ketones (excluding diaryl/α,β-unsaturated/α-hetero) is 1. The predicted molar refractivity (Wildman–Crippen MR) is 118 cm³/mol. The predicted octanol–water partition coefficient (Wildman–Crippen LogP) is 3.30. The summed E-state index contributed by atoms with van der Waals surface area (Å²) < 4.78 is 18.6. The highest BCUT2D eigenvalue weighted by atomic mass is 19.1. The molecule has 1 amide bonds.